The van der Waals surface area contributed by atoms with Gasteiger partial charge in [-0.15, -0.1) is 0 Å². The Labute approximate surface area is 373 Å². The lowest BCUT2D eigenvalue weighted by atomic mass is 10.00. The second-order valence-corrected chi connectivity index (χ2v) is 17.7. The maximum Gasteiger partial charge on any atom is 0.433 e. The van der Waals surface area contributed by atoms with Crippen LogP contribution in [0.15, 0.2) is 54.7 Å². The molecule has 5 aromatic rings. The van der Waals surface area contributed by atoms with Crippen LogP contribution in [-0.4, -0.2) is 91.1 Å². The molecule has 16 nitrogen and oxygen atoms in total. The summed E-state index contributed by atoms with van der Waals surface area (Å²) in [6.07, 6.45) is -1.23. The summed E-state index contributed by atoms with van der Waals surface area (Å²) in [5.41, 5.74) is 9.61. The fraction of sp³-hybridized carbons (Fsp3) is 0.500. The van der Waals surface area contributed by atoms with Gasteiger partial charge in [-0.05, 0) is 98.4 Å². The number of hydrogen-bond acceptors (Lipinski definition) is 10. The van der Waals surface area contributed by atoms with Crippen LogP contribution in [0, 0.1) is 11.8 Å². The number of methoxy groups -OCH3 is 1. The Morgan fingerprint density at radius 2 is 1.37 bits per heavy atom. The highest BCUT2D eigenvalue weighted by Gasteiger charge is 2.42. The van der Waals surface area contributed by atoms with Crippen molar-refractivity contribution in [1.82, 2.24) is 40.0 Å². The molecule has 65 heavy (non-hydrogen) atoms. The number of pyridine rings is 1. The summed E-state index contributed by atoms with van der Waals surface area (Å²) in [5.74, 6) is 0.279. The third-order valence-corrected chi connectivity index (χ3v) is 13.3. The average molecular weight is 901 g/mol. The van der Waals surface area contributed by atoms with Gasteiger partial charge in [0.2, 0.25) is 5.91 Å². The number of hydrogen-bond donors (Lipinski definition) is 4. The number of H-pyrrole nitrogens is 2. The van der Waals surface area contributed by atoms with Crippen LogP contribution in [0.2, 0.25) is 0 Å². The predicted molar refractivity (Wildman–Crippen MR) is 234 cm³/mol. The van der Waals surface area contributed by atoms with E-state index in [0.29, 0.717) is 73.6 Å². The highest BCUT2D eigenvalue weighted by Crippen LogP contribution is 2.48. The minimum Gasteiger partial charge on any atom is -0.453 e. The number of carbonyl (C=O) groups excluding carboxylic acids is 4. The van der Waals surface area contributed by atoms with Gasteiger partial charge in [0.1, 0.15) is 23.4 Å². The lowest BCUT2D eigenvalue weighted by molar-refractivity contribution is -0.144. The first-order chi connectivity index (χ1) is 31.1. The van der Waals surface area contributed by atoms with Gasteiger partial charge >= 0.3 is 18.4 Å². The van der Waals surface area contributed by atoms with Crippen LogP contribution in [0.3, 0.4) is 0 Å². The molecular formula is C46H55F3N10O6. The van der Waals surface area contributed by atoms with E-state index in [1.165, 1.54) is 19.4 Å². The van der Waals surface area contributed by atoms with Crippen molar-refractivity contribution in [2.75, 3.05) is 25.1 Å². The van der Waals surface area contributed by atoms with E-state index < -0.39 is 36.2 Å². The topological polar surface area (TPSA) is 205 Å². The number of primary amides is 1. The molecule has 8 rings (SSSR count). The molecule has 5 N–H and O–H groups in total. The number of rotatable bonds is 12. The molecule has 7 atom stereocenters. The molecule has 3 saturated heterocycles. The number of nitrogens with two attached hydrogens (primary N) is 1. The molecule has 346 valence electrons. The SMILES string of the molecule is CCC(C)[C@H](OC(N)=O)C(=O)N1CCC[C@H]1c1nc2ccc([C@H]3CC[C@H](c4ccc5nc([C@@H]6CCCN6C(=O)[C@@H](NC(=O)OC)C(C)C)[nH]c5c4)N3c3ccc(C(F)(F)F)nc3)cc2[nH]1. The van der Waals surface area contributed by atoms with E-state index in [4.69, 9.17) is 25.2 Å². The summed E-state index contributed by atoms with van der Waals surface area (Å²) >= 11 is 0. The van der Waals surface area contributed by atoms with E-state index in [-0.39, 0.29) is 47.8 Å². The molecule has 3 fully saturated rings. The standard InChI is InChI=1S/C46H55F3N10O6/c1-6-25(4)39(65-44(50)62)43(61)58-20-8-10-36(58)41-53-30-15-12-27(22-32(30)55-41)34-17-16-33(59(34)28-13-18-37(51-23-28)46(47,48)49)26-11-14-29-31(21-26)54-40(52-29)35-9-7-19-57(35)42(60)38(24(2)3)56-45(63)64-5/h11-15,18,21-25,33-36,38-39H,6-10,16-17,19-20H2,1-5H3,(H2,50,62)(H,52,54)(H,53,55)(H,56,63)/t25?,33-,34-,35+,36+,38+,39+/m1/s1. The fourth-order valence-electron chi connectivity index (χ4n) is 9.78. The van der Waals surface area contributed by atoms with Crippen molar-refractivity contribution in [2.45, 2.75) is 115 Å². The molecule has 19 heteroatoms. The molecule has 6 heterocycles. The molecular weight excluding hydrogens is 846 g/mol. The number of amides is 4. The summed E-state index contributed by atoms with van der Waals surface area (Å²) in [6, 6.07) is 12.3. The summed E-state index contributed by atoms with van der Waals surface area (Å²) in [7, 11) is 1.26. The third kappa shape index (κ3) is 9.01. The zero-order valence-electron chi connectivity index (χ0n) is 37.0. The van der Waals surface area contributed by atoms with Crippen molar-refractivity contribution < 1.29 is 41.8 Å². The maximum atomic E-state index is 13.8. The molecule has 3 aromatic heterocycles. The van der Waals surface area contributed by atoms with Crippen LogP contribution in [0.4, 0.5) is 28.4 Å². The molecule has 0 spiro atoms. The van der Waals surface area contributed by atoms with E-state index in [1.54, 1.807) is 9.80 Å². The van der Waals surface area contributed by atoms with Crippen molar-refractivity contribution in [3.8, 4) is 0 Å². The number of carbonyl (C=O) groups is 4. The number of aromatic amines is 2. The molecule has 0 bridgehead atoms. The van der Waals surface area contributed by atoms with E-state index in [2.05, 4.69) is 25.2 Å². The summed E-state index contributed by atoms with van der Waals surface area (Å²) < 4.78 is 51.3. The number of nitrogens with one attached hydrogen (secondary N) is 3. The first-order valence-corrected chi connectivity index (χ1v) is 22.3. The van der Waals surface area contributed by atoms with Gasteiger partial charge in [0.05, 0.1) is 65.2 Å². The van der Waals surface area contributed by atoms with E-state index in [1.807, 2.05) is 64.1 Å². The Kier molecular flexibility index (Phi) is 12.7. The smallest absolute Gasteiger partial charge is 0.433 e. The van der Waals surface area contributed by atoms with Crippen LogP contribution in [0.25, 0.3) is 22.1 Å². The van der Waals surface area contributed by atoms with Gasteiger partial charge in [-0.25, -0.2) is 24.5 Å². The monoisotopic (exact) mass is 900 g/mol. The number of ether oxygens (including phenoxy) is 2. The quantitative estimate of drug-likeness (QED) is 0.0946. The minimum absolute atomic E-state index is 0.182. The number of anilines is 1. The fourth-order valence-corrected chi connectivity index (χ4v) is 9.78. The Hall–Kier alpha value is -6.40. The molecule has 2 aromatic carbocycles. The third-order valence-electron chi connectivity index (χ3n) is 13.3. The van der Waals surface area contributed by atoms with E-state index >= 15 is 0 Å². The molecule has 0 radical (unpaired) electrons. The highest BCUT2D eigenvalue weighted by atomic mass is 19.4. The summed E-state index contributed by atoms with van der Waals surface area (Å²) in [5, 5.41) is 2.68. The number of imidazole rings is 2. The number of likely N-dealkylation sites (tertiary alicyclic amines) is 2. The largest absolute Gasteiger partial charge is 0.453 e. The summed E-state index contributed by atoms with van der Waals surface area (Å²) in [4.78, 5) is 77.6. The first-order valence-electron chi connectivity index (χ1n) is 22.3. The average Bonchev–Trinajstić information content (AvgIpc) is 4.14. The Balaban J connectivity index is 1.09. The molecule has 0 aliphatic carbocycles. The van der Waals surface area contributed by atoms with Gasteiger partial charge in [-0.3, -0.25) is 9.59 Å². The van der Waals surface area contributed by atoms with Crippen molar-refractivity contribution >= 4 is 51.8 Å². The van der Waals surface area contributed by atoms with Gasteiger partial charge < -0.3 is 45.2 Å². The Morgan fingerprint density at radius 1 is 0.815 bits per heavy atom. The predicted octanol–water partition coefficient (Wildman–Crippen LogP) is 8.15. The zero-order chi connectivity index (χ0) is 46.3. The number of fused-ring (bicyclic) bond motifs is 2. The van der Waals surface area contributed by atoms with Crippen molar-refractivity contribution in [3.05, 3.63) is 83.2 Å². The minimum atomic E-state index is -4.61. The van der Waals surface area contributed by atoms with Gasteiger partial charge in [0.25, 0.3) is 5.91 Å². The number of alkyl halides is 3. The number of nitrogens with zero attached hydrogens (tertiary/aromatic N) is 6. The molecule has 1 unspecified atom stereocenters. The number of alkyl carbamates (subject to hydrolysis) is 1. The highest BCUT2D eigenvalue weighted by molar-refractivity contribution is 5.87. The van der Waals surface area contributed by atoms with Crippen LogP contribution >= 0.6 is 0 Å². The van der Waals surface area contributed by atoms with Gasteiger partial charge in [0.15, 0.2) is 6.10 Å². The van der Waals surface area contributed by atoms with Crippen LogP contribution in [0.1, 0.15) is 125 Å². The van der Waals surface area contributed by atoms with Gasteiger partial charge in [0, 0.05) is 19.0 Å². The van der Waals surface area contributed by atoms with E-state index in [9.17, 15) is 32.3 Å². The molecule has 4 amide bonds. The first kappa shape index (κ1) is 45.2. The van der Waals surface area contributed by atoms with Gasteiger partial charge in [-0.2, -0.15) is 13.2 Å². The molecule has 0 saturated carbocycles. The normalized spacial score (nSPS) is 21.6. The molecule has 3 aliphatic rings. The molecule has 3 aliphatic heterocycles. The van der Waals surface area contributed by atoms with Crippen molar-refractivity contribution in [1.29, 1.82) is 0 Å². The van der Waals surface area contributed by atoms with Crippen LogP contribution in [-0.2, 0) is 25.2 Å². The van der Waals surface area contributed by atoms with Crippen LogP contribution < -0.4 is 16.0 Å². The Morgan fingerprint density at radius 3 is 1.83 bits per heavy atom. The number of halogens is 3. The van der Waals surface area contributed by atoms with Crippen molar-refractivity contribution in [3.63, 3.8) is 0 Å². The van der Waals surface area contributed by atoms with Gasteiger partial charge in [-0.1, -0.05) is 39.8 Å². The lowest BCUT2D eigenvalue weighted by Gasteiger charge is -2.33. The number of aromatic nitrogens is 5. The second kappa shape index (κ2) is 18.2. The maximum absolute atomic E-state index is 13.8. The number of benzene rings is 2. The van der Waals surface area contributed by atoms with Crippen molar-refractivity contribution in [2.24, 2.45) is 17.6 Å². The summed E-state index contributed by atoms with van der Waals surface area (Å²) in [6.45, 7) is 8.46. The van der Waals surface area contributed by atoms with Crippen LogP contribution in [0.5, 0.6) is 0 Å². The van der Waals surface area contributed by atoms with E-state index in [0.717, 1.165) is 41.1 Å². The lowest BCUT2D eigenvalue weighted by Crippen LogP contribution is -2.51. The second-order valence-electron chi connectivity index (χ2n) is 17.7. The Bertz CT molecular complexity index is 2560. The zero-order valence-corrected chi connectivity index (χ0v) is 37.0.